The number of ether oxygens (including phenoxy) is 1. The molecule has 1 aliphatic heterocycles. The summed E-state index contributed by atoms with van der Waals surface area (Å²) in [5.41, 5.74) is 1.43. The zero-order valence-electron chi connectivity index (χ0n) is 13.8. The molecule has 0 unspecified atom stereocenters. The molecule has 0 spiro atoms. The van der Waals surface area contributed by atoms with Crippen LogP contribution in [-0.4, -0.2) is 52.7 Å². The first-order chi connectivity index (χ1) is 12.0. The number of carbonyl (C=O) groups excluding carboxylic acids is 1. The highest BCUT2D eigenvalue weighted by Crippen LogP contribution is 2.22. The summed E-state index contributed by atoms with van der Waals surface area (Å²) in [6, 6.07) is 4.41. The fourth-order valence-corrected chi connectivity index (χ4v) is 3.29. The number of amides is 1. The highest BCUT2D eigenvalue weighted by Gasteiger charge is 2.26. The average molecular weight is 348 g/mol. The molecule has 134 valence electrons. The second-order valence-corrected chi connectivity index (χ2v) is 6.26. The lowest BCUT2D eigenvalue weighted by Gasteiger charge is -2.34. The van der Waals surface area contributed by atoms with Gasteiger partial charge in [0.05, 0.1) is 12.8 Å². The van der Waals surface area contributed by atoms with Gasteiger partial charge in [0.15, 0.2) is 0 Å². The summed E-state index contributed by atoms with van der Waals surface area (Å²) in [6.07, 6.45) is 3.21. The van der Waals surface area contributed by atoms with Crippen LogP contribution in [0.25, 0.3) is 10.9 Å². The highest BCUT2D eigenvalue weighted by molar-refractivity contribution is 5.89. The monoisotopic (exact) mass is 348 g/mol. The Hall–Kier alpha value is -2.41. The van der Waals surface area contributed by atoms with Crippen molar-refractivity contribution in [1.29, 1.82) is 0 Å². The molecule has 1 saturated heterocycles. The lowest BCUT2D eigenvalue weighted by Crippen LogP contribution is -2.45. The van der Waals surface area contributed by atoms with Crippen molar-refractivity contribution in [2.24, 2.45) is 0 Å². The Morgan fingerprint density at radius 1 is 1.32 bits per heavy atom. The molecule has 0 saturated carbocycles. The van der Waals surface area contributed by atoms with Gasteiger partial charge in [-0.25, -0.2) is 4.39 Å². The van der Waals surface area contributed by atoms with E-state index in [1.54, 1.807) is 17.2 Å². The minimum Gasteiger partial charge on any atom is -0.481 e. The molecule has 1 aromatic heterocycles. The molecule has 0 atom stereocenters. The van der Waals surface area contributed by atoms with Gasteiger partial charge >= 0.3 is 5.97 Å². The summed E-state index contributed by atoms with van der Waals surface area (Å²) in [4.78, 5) is 28.4. The number of nitrogens with one attached hydrogen (secondary N) is 1. The van der Waals surface area contributed by atoms with Crippen molar-refractivity contribution in [3.63, 3.8) is 0 Å². The molecule has 0 aliphatic carbocycles. The van der Waals surface area contributed by atoms with Gasteiger partial charge in [0, 0.05) is 42.9 Å². The van der Waals surface area contributed by atoms with Gasteiger partial charge in [0.25, 0.3) is 0 Å². The Labute approximate surface area is 144 Å². The standard InChI is InChI=1S/C18H21FN2O4/c19-13-1-2-15-12(11-20-16(15)10-13)9-17(22)21(6-3-18(23)24)14-4-7-25-8-5-14/h1-2,10-11,14,20H,3-9H2,(H,23,24). The van der Waals surface area contributed by atoms with Crippen LogP contribution in [-0.2, 0) is 20.7 Å². The maximum absolute atomic E-state index is 13.3. The summed E-state index contributed by atoms with van der Waals surface area (Å²) < 4.78 is 18.6. The minimum atomic E-state index is -0.924. The molecule has 0 radical (unpaired) electrons. The maximum Gasteiger partial charge on any atom is 0.305 e. The van der Waals surface area contributed by atoms with Crippen LogP contribution in [0.3, 0.4) is 0 Å². The zero-order valence-corrected chi connectivity index (χ0v) is 13.8. The van der Waals surface area contributed by atoms with E-state index >= 15 is 0 Å². The number of rotatable bonds is 6. The van der Waals surface area contributed by atoms with E-state index in [-0.39, 0.29) is 37.2 Å². The topological polar surface area (TPSA) is 82.6 Å². The lowest BCUT2D eigenvalue weighted by atomic mass is 10.0. The van der Waals surface area contributed by atoms with E-state index in [9.17, 15) is 14.0 Å². The molecule has 25 heavy (non-hydrogen) atoms. The molecule has 1 aromatic carbocycles. The van der Waals surface area contributed by atoms with E-state index < -0.39 is 5.97 Å². The van der Waals surface area contributed by atoms with Crippen LogP contribution >= 0.6 is 0 Å². The van der Waals surface area contributed by atoms with E-state index in [2.05, 4.69) is 4.98 Å². The Bertz CT molecular complexity index is 768. The highest BCUT2D eigenvalue weighted by atomic mass is 19.1. The molecule has 3 rings (SSSR count). The molecule has 1 amide bonds. The first kappa shape index (κ1) is 17.4. The number of aliphatic carboxylic acids is 1. The van der Waals surface area contributed by atoms with E-state index in [1.165, 1.54) is 12.1 Å². The number of H-pyrrole nitrogens is 1. The number of aromatic nitrogens is 1. The van der Waals surface area contributed by atoms with Crippen LogP contribution in [0.5, 0.6) is 0 Å². The van der Waals surface area contributed by atoms with Crippen molar-refractivity contribution >= 4 is 22.8 Å². The van der Waals surface area contributed by atoms with Crippen molar-refractivity contribution < 1.29 is 23.8 Å². The van der Waals surface area contributed by atoms with Gasteiger partial charge in [-0.05, 0) is 36.6 Å². The smallest absolute Gasteiger partial charge is 0.305 e. The van der Waals surface area contributed by atoms with Crippen LogP contribution in [0.15, 0.2) is 24.4 Å². The number of carboxylic acids is 1. The largest absolute Gasteiger partial charge is 0.481 e. The fraction of sp³-hybridized carbons (Fsp3) is 0.444. The lowest BCUT2D eigenvalue weighted by molar-refractivity contribution is -0.140. The van der Waals surface area contributed by atoms with Crippen molar-refractivity contribution in [3.8, 4) is 0 Å². The molecule has 6 nitrogen and oxygen atoms in total. The minimum absolute atomic E-state index is 0.00301. The van der Waals surface area contributed by atoms with Crippen LogP contribution in [0.2, 0.25) is 0 Å². The third-order valence-electron chi connectivity index (χ3n) is 4.59. The quantitative estimate of drug-likeness (QED) is 0.839. The SMILES string of the molecule is O=C(O)CCN(C(=O)Cc1c[nH]c2cc(F)ccc12)C1CCOCC1. The van der Waals surface area contributed by atoms with Crippen molar-refractivity contribution in [2.75, 3.05) is 19.8 Å². The molecule has 0 bridgehead atoms. The summed E-state index contributed by atoms with van der Waals surface area (Å²) in [7, 11) is 0. The molecular formula is C18H21FN2O4. The van der Waals surface area contributed by atoms with Crippen molar-refractivity contribution in [1.82, 2.24) is 9.88 Å². The predicted molar refractivity (Wildman–Crippen MR) is 89.8 cm³/mol. The predicted octanol–water partition coefficient (Wildman–Crippen LogP) is 2.33. The third-order valence-corrected chi connectivity index (χ3v) is 4.59. The van der Waals surface area contributed by atoms with Crippen molar-refractivity contribution in [3.05, 3.63) is 35.8 Å². The first-order valence-electron chi connectivity index (χ1n) is 8.39. The molecule has 2 aromatic rings. The van der Waals surface area contributed by atoms with Gasteiger partial charge in [-0.1, -0.05) is 0 Å². The fourth-order valence-electron chi connectivity index (χ4n) is 3.29. The van der Waals surface area contributed by atoms with E-state index in [0.29, 0.717) is 31.6 Å². The van der Waals surface area contributed by atoms with Gasteiger partial charge in [-0.3, -0.25) is 9.59 Å². The number of nitrogens with zero attached hydrogens (tertiary/aromatic N) is 1. The summed E-state index contributed by atoms with van der Waals surface area (Å²) in [5, 5.41) is 9.77. The Morgan fingerprint density at radius 3 is 2.80 bits per heavy atom. The molecule has 2 N–H and O–H groups in total. The van der Waals surface area contributed by atoms with E-state index in [4.69, 9.17) is 9.84 Å². The number of hydrogen-bond donors (Lipinski definition) is 2. The van der Waals surface area contributed by atoms with Gasteiger partial charge in [0.2, 0.25) is 5.91 Å². The van der Waals surface area contributed by atoms with Crippen LogP contribution in [0, 0.1) is 5.82 Å². The van der Waals surface area contributed by atoms with Crippen LogP contribution in [0.1, 0.15) is 24.8 Å². The Morgan fingerprint density at radius 2 is 2.08 bits per heavy atom. The third kappa shape index (κ3) is 4.17. The molecule has 1 aliphatic rings. The van der Waals surface area contributed by atoms with Gasteiger partial charge < -0.3 is 19.7 Å². The number of benzene rings is 1. The number of carbonyl (C=O) groups is 2. The van der Waals surface area contributed by atoms with E-state index in [1.807, 2.05) is 0 Å². The number of halogens is 1. The summed E-state index contributed by atoms with van der Waals surface area (Å²) in [5.74, 6) is -1.37. The zero-order chi connectivity index (χ0) is 17.8. The Balaban J connectivity index is 1.77. The first-order valence-corrected chi connectivity index (χ1v) is 8.39. The molecule has 7 heteroatoms. The van der Waals surface area contributed by atoms with Crippen molar-refractivity contribution in [2.45, 2.75) is 31.7 Å². The second kappa shape index (κ2) is 7.65. The van der Waals surface area contributed by atoms with E-state index in [0.717, 1.165) is 10.9 Å². The number of hydrogen-bond acceptors (Lipinski definition) is 3. The average Bonchev–Trinajstić information content (AvgIpc) is 2.97. The summed E-state index contributed by atoms with van der Waals surface area (Å²) in [6.45, 7) is 1.34. The van der Waals surface area contributed by atoms with Gasteiger partial charge in [-0.2, -0.15) is 0 Å². The van der Waals surface area contributed by atoms with Gasteiger partial charge in [0.1, 0.15) is 5.82 Å². The molecule has 1 fully saturated rings. The normalized spacial score (nSPS) is 15.4. The molecule has 2 heterocycles. The maximum atomic E-state index is 13.3. The number of carboxylic acid groups (broad SMARTS) is 1. The second-order valence-electron chi connectivity index (χ2n) is 6.26. The molecular weight excluding hydrogens is 327 g/mol. The van der Waals surface area contributed by atoms with Gasteiger partial charge in [-0.15, -0.1) is 0 Å². The van der Waals surface area contributed by atoms with Crippen LogP contribution < -0.4 is 0 Å². The number of aromatic amines is 1. The Kier molecular flexibility index (Phi) is 5.33. The number of fused-ring (bicyclic) bond motifs is 1. The summed E-state index contributed by atoms with van der Waals surface area (Å²) >= 11 is 0. The van der Waals surface area contributed by atoms with Crippen LogP contribution in [0.4, 0.5) is 4.39 Å².